The van der Waals surface area contributed by atoms with Crippen molar-refractivity contribution in [3.05, 3.63) is 35.2 Å². The summed E-state index contributed by atoms with van der Waals surface area (Å²) in [6.45, 7) is 4.28. The van der Waals surface area contributed by atoms with Gasteiger partial charge in [-0.2, -0.15) is 0 Å². The molecule has 2 heterocycles. The van der Waals surface area contributed by atoms with E-state index in [4.69, 9.17) is 11.6 Å². The van der Waals surface area contributed by atoms with Crippen molar-refractivity contribution < 1.29 is 13.2 Å². The van der Waals surface area contributed by atoms with Crippen molar-refractivity contribution in [1.82, 2.24) is 10.3 Å². The number of carbonyl (C=O) groups is 1. The molecule has 1 aromatic carbocycles. The predicted octanol–water partition coefficient (Wildman–Crippen LogP) is 3.46. The summed E-state index contributed by atoms with van der Waals surface area (Å²) in [5.41, 5.74) is 3.00. The van der Waals surface area contributed by atoms with E-state index in [0.29, 0.717) is 11.0 Å². The molecule has 1 aliphatic rings. The lowest BCUT2D eigenvalue weighted by molar-refractivity contribution is 0.249. The maximum atomic E-state index is 12.1. The number of halogens is 1. The third-order valence-corrected chi connectivity index (χ3v) is 7.33. The Kier molecular flexibility index (Phi) is 5.55. The number of sulfone groups is 1. The van der Waals surface area contributed by atoms with Crippen LogP contribution in [0.25, 0.3) is 11.3 Å². The molecule has 0 aliphatic carbocycles. The summed E-state index contributed by atoms with van der Waals surface area (Å²) in [7, 11) is -3.19. The molecule has 1 saturated heterocycles. The highest BCUT2D eigenvalue weighted by Crippen LogP contribution is 2.26. The molecule has 26 heavy (non-hydrogen) atoms. The molecule has 0 saturated carbocycles. The molecule has 0 spiro atoms. The molecule has 2 amide bonds. The number of thiazole rings is 1. The summed E-state index contributed by atoms with van der Waals surface area (Å²) in [6.07, 6.45) is 0. The van der Waals surface area contributed by atoms with E-state index in [0.717, 1.165) is 11.3 Å². The van der Waals surface area contributed by atoms with E-state index in [1.165, 1.54) is 16.9 Å². The lowest BCUT2D eigenvalue weighted by Crippen LogP contribution is -2.42. The van der Waals surface area contributed by atoms with Gasteiger partial charge in [0.15, 0.2) is 15.0 Å². The van der Waals surface area contributed by atoms with E-state index in [1.807, 2.05) is 17.5 Å². The largest absolute Gasteiger partial charge is 0.333 e. The maximum absolute atomic E-state index is 12.1. The molecule has 1 aliphatic heterocycles. The first-order valence-corrected chi connectivity index (χ1v) is 11.3. The molecule has 0 radical (unpaired) electrons. The van der Waals surface area contributed by atoms with E-state index in [2.05, 4.69) is 41.6 Å². The first kappa shape index (κ1) is 19.1. The second kappa shape index (κ2) is 7.54. The van der Waals surface area contributed by atoms with Gasteiger partial charge in [-0.1, -0.05) is 38.1 Å². The number of nitrogens with one attached hydrogen (secondary N) is 2. The van der Waals surface area contributed by atoms with Crippen LogP contribution >= 0.6 is 22.9 Å². The number of alkyl halides is 1. The third kappa shape index (κ3) is 4.55. The Hall–Kier alpha value is -1.64. The predicted molar refractivity (Wildman–Crippen MR) is 106 cm³/mol. The number of amides is 2. The average Bonchev–Trinajstić information content (AvgIpc) is 3.11. The van der Waals surface area contributed by atoms with Gasteiger partial charge in [0.25, 0.3) is 0 Å². The molecular weight excluding hydrogens is 394 g/mol. The van der Waals surface area contributed by atoms with Gasteiger partial charge in [0, 0.05) is 10.9 Å². The van der Waals surface area contributed by atoms with Crippen LogP contribution in [0.15, 0.2) is 29.6 Å². The number of nitrogens with zero attached hydrogens (tertiary/aromatic N) is 1. The molecular formula is C17H20ClN3O3S2. The number of rotatable bonds is 4. The van der Waals surface area contributed by atoms with Crippen molar-refractivity contribution in [1.29, 1.82) is 0 Å². The number of carbonyl (C=O) groups excluding carboxylic acids is 1. The fourth-order valence-electron chi connectivity index (χ4n) is 2.74. The number of benzene rings is 1. The summed E-state index contributed by atoms with van der Waals surface area (Å²) in [5, 5.41) is 6.94. The average molecular weight is 414 g/mol. The van der Waals surface area contributed by atoms with Crippen LogP contribution in [-0.2, 0) is 9.84 Å². The smallest absolute Gasteiger partial charge is 0.321 e. The van der Waals surface area contributed by atoms with E-state index in [9.17, 15) is 13.2 Å². The Morgan fingerprint density at radius 2 is 1.96 bits per heavy atom. The highest BCUT2D eigenvalue weighted by atomic mass is 35.5. The maximum Gasteiger partial charge on any atom is 0.321 e. The lowest BCUT2D eigenvalue weighted by Gasteiger charge is -2.13. The van der Waals surface area contributed by atoms with Gasteiger partial charge in [-0.3, -0.25) is 5.32 Å². The molecule has 2 atom stereocenters. The fraction of sp³-hybridized carbons (Fsp3) is 0.412. The topological polar surface area (TPSA) is 88.2 Å². The standard InChI is InChI=1S/C17H20ClN3O3S2/c1-10(2)11-3-5-12(6-4-11)14-7-25-17(20-14)21-16(22)19-15-9-26(23,24)8-13(15)18/h3-7,10,13,15H,8-9H2,1-2H3,(H2,19,20,21,22)/t13-,15+/m0/s1. The molecule has 2 N–H and O–H groups in total. The zero-order valence-electron chi connectivity index (χ0n) is 14.4. The minimum Gasteiger partial charge on any atom is -0.333 e. The second-order valence-corrected chi connectivity index (χ2v) is 10.2. The first-order valence-electron chi connectivity index (χ1n) is 8.21. The number of aromatic nitrogens is 1. The summed E-state index contributed by atoms with van der Waals surface area (Å²) < 4.78 is 23.1. The van der Waals surface area contributed by atoms with E-state index in [1.54, 1.807) is 0 Å². The summed E-state index contributed by atoms with van der Waals surface area (Å²) in [6, 6.07) is 7.06. The van der Waals surface area contributed by atoms with Gasteiger partial charge < -0.3 is 5.32 Å². The van der Waals surface area contributed by atoms with Crippen LogP contribution in [-0.4, -0.2) is 42.4 Å². The highest BCUT2D eigenvalue weighted by molar-refractivity contribution is 7.91. The third-order valence-electron chi connectivity index (χ3n) is 4.20. The number of urea groups is 1. The molecule has 0 bridgehead atoms. The van der Waals surface area contributed by atoms with E-state index in [-0.39, 0.29) is 11.5 Å². The molecule has 1 fully saturated rings. The zero-order chi connectivity index (χ0) is 18.9. The first-order chi connectivity index (χ1) is 12.2. The van der Waals surface area contributed by atoms with Crippen LogP contribution in [0, 0.1) is 0 Å². The number of hydrogen-bond donors (Lipinski definition) is 2. The van der Waals surface area contributed by atoms with Gasteiger partial charge >= 0.3 is 6.03 Å². The molecule has 9 heteroatoms. The fourth-order valence-corrected chi connectivity index (χ4v) is 6.01. The van der Waals surface area contributed by atoms with Gasteiger partial charge in [-0.25, -0.2) is 18.2 Å². The molecule has 3 rings (SSSR count). The molecule has 0 unspecified atom stereocenters. The highest BCUT2D eigenvalue weighted by Gasteiger charge is 2.37. The van der Waals surface area contributed by atoms with Gasteiger partial charge in [-0.15, -0.1) is 22.9 Å². The monoisotopic (exact) mass is 413 g/mol. The number of hydrogen-bond acceptors (Lipinski definition) is 5. The van der Waals surface area contributed by atoms with Crippen LogP contribution in [0.2, 0.25) is 0 Å². The van der Waals surface area contributed by atoms with Gasteiger partial charge in [0.2, 0.25) is 0 Å². The molecule has 2 aromatic rings. The van der Waals surface area contributed by atoms with Crippen molar-refractivity contribution >= 4 is 43.9 Å². The Morgan fingerprint density at radius 3 is 2.54 bits per heavy atom. The van der Waals surface area contributed by atoms with Crippen LogP contribution in [0.1, 0.15) is 25.3 Å². The van der Waals surface area contributed by atoms with Crippen molar-refractivity contribution in [3.8, 4) is 11.3 Å². The van der Waals surface area contributed by atoms with Crippen molar-refractivity contribution in [3.63, 3.8) is 0 Å². The van der Waals surface area contributed by atoms with Crippen LogP contribution < -0.4 is 10.6 Å². The van der Waals surface area contributed by atoms with Crippen molar-refractivity contribution in [2.45, 2.75) is 31.2 Å². The second-order valence-electron chi connectivity index (χ2n) is 6.61. The Labute approximate surface area is 161 Å². The van der Waals surface area contributed by atoms with Crippen molar-refractivity contribution in [2.75, 3.05) is 16.8 Å². The van der Waals surface area contributed by atoms with Crippen LogP contribution in [0.4, 0.5) is 9.93 Å². The normalized spacial score (nSPS) is 21.7. The SMILES string of the molecule is CC(C)c1ccc(-c2csc(NC(=O)N[C@@H]3CS(=O)(=O)C[C@@H]3Cl)n2)cc1. The zero-order valence-corrected chi connectivity index (χ0v) is 16.8. The Balaban J connectivity index is 1.62. The summed E-state index contributed by atoms with van der Waals surface area (Å²) in [5.74, 6) is 0.207. The molecule has 1 aromatic heterocycles. The lowest BCUT2D eigenvalue weighted by atomic mass is 10.0. The molecule has 6 nitrogen and oxygen atoms in total. The van der Waals surface area contributed by atoms with Crippen LogP contribution in [0.5, 0.6) is 0 Å². The van der Waals surface area contributed by atoms with E-state index >= 15 is 0 Å². The van der Waals surface area contributed by atoms with Gasteiger partial charge in [0.05, 0.1) is 28.6 Å². The quantitative estimate of drug-likeness (QED) is 0.751. The summed E-state index contributed by atoms with van der Waals surface area (Å²) >= 11 is 7.30. The Bertz CT molecular complexity index is 894. The molecule has 140 valence electrons. The van der Waals surface area contributed by atoms with Gasteiger partial charge in [0.1, 0.15) is 0 Å². The summed E-state index contributed by atoms with van der Waals surface area (Å²) in [4.78, 5) is 16.5. The minimum atomic E-state index is -3.19. The Morgan fingerprint density at radius 1 is 1.27 bits per heavy atom. The van der Waals surface area contributed by atoms with Crippen molar-refractivity contribution in [2.24, 2.45) is 0 Å². The van der Waals surface area contributed by atoms with Gasteiger partial charge in [-0.05, 0) is 11.5 Å². The van der Waals surface area contributed by atoms with Crippen LogP contribution in [0.3, 0.4) is 0 Å². The number of anilines is 1. The van der Waals surface area contributed by atoms with E-state index < -0.39 is 27.3 Å². The minimum absolute atomic E-state index is 0.118.